The summed E-state index contributed by atoms with van der Waals surface area (Å²) in [5.74, 6) is -0.820. The molecule has 0 aliphatic carbocycles. The van der Waals surface area contributed by atoms with E-state index in [1.807, 2.05) is 0 Å². The average molecular weight is 704 g/mol. The highest BCUT2D eigenvalue weighted by atomic mass is 31.2. The number of ether oxygens (including phenoxy) is 2. The van der Waals surface area contributed by atoms with Gasteiger partial charge in [0.05, 0.1) is 13.2 Å². The fourth-order valence-corrected chi connectivity index (χ4v) is 6.66. The van der Waals surface area contributed by atoms with Gasteiger partial charge in [0.25, 0.3) is 7.82 Å². The molecule has 0 aliphatic rings. The van der Waals surface area contributed by atoms with Crippen LogP contribution in [-0.4, -0.2) is 37.9 Å². The maximum atomic E-state index is 12.5. The monoisotopic (exact) mass is 704 g/mol. The Bertz CT molecular complexity index is 762. The fraction of sp³-hybridized carbons (Fsp3) is 0.949. The smallest absolute Gasteiger partial charge is 0.306 e. The molecule has 0 saturated heterocycles. The summed E-state index contributed by atoms with van der Waals surface area (Å²) >= 11 is 0. The molecule has 2 atom stereocenters. The number of phosphoric acid groups is 1. The van der Waals surface area contributed by atoms with Crippen molar-refractivity contribution < 1.29 is 37.6 Å². The van der Waals surface area contributed by atoms with Gasteiger partial charge in [-0.25, -0.2) is 0 Å². The Morgan fingerprint density at radius 3 is 1.17 bits per heavy atom. The Morgan fingerprint density at radius 1 is 0.479 bits per heavy atom. The van der Waals surface area contributed by atoms with Crippen LogP contribution in [0.15, 0.2) is 0 Å². The molecule has 0 aromatic rings. The van der Waals surface area contributed by atoms with E-state index in [0.29, 0.717) is 6.42 Å². The van der Waals surface area contributed by atoms with Crippen molar-refractivity contribution in [1.82, 2.24) is 0 Å². The molecule has 0 radical (unpaired) electrons. The molecule has 0 saturated carbocycles. The summed E-state index contributed by atoms with van der Waals surface area (Å²) in [6.07, 6.45) is 34.1. The quantitative estimate of drug-likeness (QED) is 0.0355. The minimum Gasteiger partial charge on any atom is -0.756 e. The Morgan fingerprint density at radius 2 is 0.812 bits per heavy atom. The second kappa shape index (κ2) is 35.9. The molecule has 286 valence electrons. The molecule has 9 heteroatoms. The number of carbonyl (C=O) groups is 2. The van der Waals surface area contributed by atoms with Crippen LogP contribution in [-0.2, 0) is 32.7 Å². The van der Waals surface area contributed by atoms with Gasteiger partial charge in [0.1, 0.15) is 6.61 Å². The SMILES string of the molecule is CCCCCCCCCCCCCCCCCC(=O)OC(COC(=O)CCCCCCCCCCCCCCC)COP(=O)([O-])OCC. The van der Waals surface area contributed by atoms with Gasteiger partial charge in [-0.1, -0.05) is 181 Å². The van der Waals surface area contributed by atoms with Crippen LogP contribution in [0.3, 0.4) is 0 Å². The molecule has 8 nitrogen and oxygen atoms in total. The molecule has 0 spiro atoms. The molecular formula is C39H76O8P-. The number of esters is 2. The lowest BCUT2D eigenvalue weighted by molar-refractivity contribution is -0.228. The minimum atomic E-state index is -4.52. The summed E-state index contributed by atoms with van der Waals surface area (Å²) in [6.45, 7) is 5.30. The highest BCUT2D eigenvalue weighted by molar-refractivity contribution is 7.45. The maximum Gasteiger partial charge on any atom is 0.306 e. The van der Waals surface area contributed by atoms with E-state index in [1.165, 1.54) is 141 Å². The first-order chi connectivity index (χ1) is 23.3. The van der Waals surface area contributed by atoms with Crippen molar-refractivity contribution in [2.75, 3.05) is 19.8 Å². The van der Waals surface area contributed by atoms with Gasteiger partial charge < -0.3 is 23.4 Å². The maximum absolute atomic E-state index is 12.5. The van der Waals surface area contributed by atoms with Crippen molar-refractivity contribution in [2.24, 2.45) is 0 Å². The van der Waals surface area contributed by atoms with E-state index in [2.05, 4.69) is 18.4 Å². The highest BCUT2D eigenvalue weighted by Gasteiger charge is 2.20. The van der Waals surface area contributed by atoms with Crippen LogP contribution in [0.5, 0.6) is 0 Å². The van der Waals surface area contributed by atoms with Crippen molar-refractivity contribution in [3.8, 4) is 0 Å². The molecule has 48 heavy (non-hydrogen) atoms. The molecule has 0 bridgehead atoms. The second-order valence-electron chi connectivity index (χ2n) is 13.6. The predicted molar refractivity (Wildman–Crippen MR) is 196 cm³/mol. The molecule has 0 fully saturated rings. The van der Waals surface area contributed by atoms with Crippen LogP contribution in [0.1, 0.15) is 213 Å². The fourth-order valence-electron chi connectivity index (χ4n) is 5.92. The van der Waals surface area contributed by atoms with Gasteiger partial charge in [-0.3, -0.25) is 14.2 Å². The first kappa shape index (κ1) is 47.0. The third-order valence-electron chi connectivity index (χ3n) is 8.90. The standard InChI is InChI=1S/C39H77O8P/c1-4-7-9-11-13-15-17-19-20-22-24-26-28-30-32-34-39(41)47-37(36-46-48(42,43)45-6-3)35-44-38(40)33-31-29-27-25-23-21-18-16-14-12-10-8-5-2/h37H,4-36H2,1-3H3,(H,42,43)/p-1. The van der Waals surface area contributed by atoms with Gasteiger partial charge in [-0.05, 0) is 19.8 Å². The molecule has 0 aliphatic heterocycles. The first-order valence-electron chi connectivity index (χ1n) is 20.3. The van der Waals surface area contributed by atoms with E-state index in [0.717, 1.165) is 32.1 Å². The van der Waals surface area contributed by atoms with Crippen LogP contribution >= 0.6 is 7.82 Å². The highest BCUT2D eigenvalue weighted by Crippen LogP contribution is 2.38. The van der Waals surface area contributed by atoms with Crippen molar-refractivity contribution in [1.29, 1.82) is 0 Å². The number of unbranched alkanes of at least 4 members (excludes halogenated alkanes) is 26. The predicted octanol–water partition coefficient (Wildman–Crippen LogP) is 11.7. The first-order valence-corrected chi connectivity index (χ1v) is 21.8. The summed E-state index contributed by atoms with van der Waals surface area (Å²) in [5, 5.41) is 0. The number of phosphoric ester groups is 1. The summed E-state index contributed by atoms with van der Waals surface area (Å²) in [5.41, 5.74) is 0. The summed E-state index contributed by atoms with van der Waals surface area (Å²) in [7, 11) is -4.52. The normalized spacial score (nSPS) is 13.3. The third kappa shape index (κ3) is 34.9. The Kier molecular flexibility index (Phi) is 35.2. The zero-order chi connectivity index (χ0) is 35.4. The lowest BCUT2D eigenvalue weighted by Crippen LogP contribution is -2.30. The molecule has 0 heterocycles. The Labute approximate surface area is 296 Å². The lowest BCUT2D eigenvalue weighted by atomic mass is 10.0. The largest absolute Gasteiger partial charge is 0.756 e. The number of hydrogen-bond donors (Lipinski definition) is 0. The van der Waals surface area contributed by atoms with Gasteiger partial charge in [-0.2, -0.15) is 0 Å². The molecule has 0 amide bonds. The van der Waals surface area contributed by atoms with E-state index in [4.69, 9.17) is 14.0 Å². The molecular weight excluding hydrogens is 627 g/mol. The topological polar surface area (TPSA) is 111 Å². The van der Waals surface area contributed by atoms with E-state index < -0.39 is 26.5 Å². The minimum absolute atomic E-state index is 0.0570. The number of carbonyl (C=O) groups excluding carboxylic acids is 2. The Balaban J connectivity index is 4.07. The lowest BCUT2D eigenvalue weighted by Gasteiger charge is -2.25. The van der Waals surface area contributed by atoms with E-state index in [-0.39, 0.29) is 32.0 Å². The zero-order valence-electron chi connectivity index (χ0n) is 31.6. The van der Waals surface area contributed by atoms with Crippen molar-refractivity contribution >= 4 is 19.8 Å². The third-order valence-corrected chi connectivity index (χ3v) is 9.94. The summed E-state index contributed by atoms with van der Waals surface area (Å²) < 4.78 is 32.2. The number of rotatable bonds is 38. The molecule has 0 rings (SSSR count). The van der Waals surface area contributed by atoms with Gasteiger partial charge in [0.15, 0.2) is 6.10 Å². The summed E-state index contributed by atoms with van der Waals surface area (Å²) in [6, 6.07) is 0. The van der Waals surface area contributed by atoms with Crippen molar-refractivity contribution in [3.05, 3.63) is 0 Å². The van der Waals surface area contributed by atoms with Crippen molar-refractivity contribution in [2.45, 2.75) is 219 Å². The van der Waals surface area contributed by atoms with Gasteiger partial charge >= 0.3 is 11.9 Å². The molecule has 0 aromatic heterocycles. The molecule has 0 N–H and O–H groups in total. The van der Waals surface area contributed by atoms with E-state index in [9.17, 15) is 19.0 Å². The number of hydrogen-bond acceptors (Lipinski definition) is 8. The molecule has 0 aromatic carbocycles. The van der Waals surface area contributed by atoms with E-state index in [1.54, 1.807) is 6.92 Å². The molecule has 2 unspecified atom stereocenters. The summed E-state index contributed by atoms with van der Waals surface area (Å²) in [4.78, 5) is 36.7. The van der Waals surface area contributed by atoms with Gasteiger partial charge in [0.2, 0.25) is 0 Å². The van der Waals surface area contributed by atoms with Crippen molar-refractivity contribution in [3.63, 3.8) is 0 Å². The van der Waals surface area contributed by atoms with Crippen LogP contribution < -0.4 is 4.89 Å². The Hall–Kier alpha value is -0.950. The van der Waals surface area contributed by atoms with Gasteiger partial charge in [0, 0.05) is 12.8 Å². The van der Waals surface area contributed by atoms with Crippen LogP contribution in [0.2, 0.25) is 0 Å². The average Bonchev–Trinajstić information content (AvgIpc) is 3.06. The van der Waals surface area contributed by atoms with E-state index >= 15 is 0 Å². The van der Waals surface area contributed by atoms with Crippen LogP contribution in [0.25, 0.3) is 0 Å². The van der Waals surface area contributed by atoms with Crippen LogP contribution in [0, 0.1) is 0 Å². The zero-order valence-corrected chi connectivity index (χ0v) is 32.5. The van der Waals surface area contributed by atoms with Gasteiger partial charge in [-0.15, -0.1) is 0 Å². The second-order valence-corrected chi connectivity index (χ2v) is 15.1. The van der Waals surface area contributed by atoms with Crippen LogP contribution in [0.4, 0.5) is 0 Å².